The molecule has 8 nitrogen and oxygen atoms in total. The predicted octanol–water partition coefficient (Wildman–Crippen LogP) is 7.04. The van der Waals surface area contributed by atoms with Gasteiger partial charge in [-0.3, -0.25) is 14.4 Å². The van der Waals surface area contributed by atoms with E-state index in [1.165, 1.54) is 16.7 Å². The van der Waals surface area contributed by atoms with Gasteiger partial charge in [-0.05, 0) is 85.1 Å². The minimum Gasteiger partial charge on any atom is -0.504 e. The third kappa shape index (κ3) is 6.97. The smallest absolute Gasteiger partial charge is 0.291 e. The van der Waals surface area contributed by atoms with E-state index >= 15 is 0 Å². The lowest BCUT2D eigenvalue weighted by molar-refractivity contribution is -0.128. The quantitative estimate of drug-likeness (QED) is 0.190. The predicted molar refractivity (Wildman–Crippen MR) is 173 cm³/mol. The van der Waals surface area contributed by atoms with Crippen molar-refractivity contribution in [2.75, 3.05) is 6.54 Å². The van der Waals surface area contributed by atoms with Crippen LogP contribution in [0.2, 0.25) is 5.02 Å². The number of hydrogen-bond donors (Lipinski definition) is 3. The van der Waals surface area contributed by atoms with Gasteiger partial charge in [-0.15, -0.1) is 0 Å². The molecular formula is C36H33ClN2O6. The van der Waals surface area contributed by atoms with Crippen molar-refractivity contribution in [3.8, 4) is 11.5 Å². The highest BCUT2D eigenvalue weighted by Gasteiger charge is 2.25. The molecule has 0 radical (unpaired) electrons. The fraction of sp³-hybridized carbons (Fsp3) is 0.250. The van der Waals surface area contributed by atoms with Gasteiger partial charge in [-0.2, -0.15) is 0 Å². The first kappa shape index (κ1) is 30.2. The number of nitrogens with one attached hydrogen (secondary N) is 1. The third-order valence-electron chi connectivity index (χ3n) is 8.51. The molecule has 2 amide bonds. The Hall–Kier alpha value is -4.82. The largest absolute Gasteiger partial charge is 0.504 e. The van der Waals surface area contributed by atoms with Crippen LogP contribution in [0.15, 0.2) is 93.3 Å². The number of phenols is 2. The Morgan fingerprint density at radius 1 is 0.978 bits per heavy atom. The second-order valence-corrected chi connectivity index (χ2v) is 12.0. The number of allylic oxidation sites excluding steroid dienone is 2. The van der Waals surface area contributed by atoms with E-state index in [2.05, 4.69) is 23.5 Å². The van der Waals surface area contributed by atoms with E-state index in [0.29, 0.717) is 29.6 Å². The summed E-state index contributed by atoms with van der Waals surface area (Å²) in [6, 6.07) is 18.9. The first-order chi connectivity index (χ1) is 21.7. The summed E-state index contributed by atoms with van der Waals surface area (Å²) in [5, 5.41) is 23.2. The number of hydrogen-bond acceptors (Lipinski definition) is 6. The summed E-state index contributed by atoms with van der Waals surface area (Å²) in [7, 11) is 0. The average Bonchev–Trinajstić information content (AvgIpc) is 3.43. The second-order valence-electron chi connectivity index (χ2n) is 11.6. The number of likely N-dealkylation sites (tertiary alicyclic amines) is 1. The highest BCUT2D eigenvalue weighted by atomic mass is 35.5. The maximum absolute atomic E-state index is 13.4. The minimum absolute atomic E-state index is 0.0164. The van der Waals surface area contributed by atoms with Crippen molar-refractivity contribution in [3.63, 3.8) is 0 Å². The van der Waals surface area contributed by atoms with Crippen molar-refractivity contribution in [3.05, 3.63) is 122 Å². The van der Waals surface area contributed by atoms with Gasteiger partial charge in [0.25, 0.3) is 5.91 Å². The van der Waals surface area contributed by atoms with Crippen LogP contribution in [0.5, 0.6) is 11.5 Å². The molecule has 0 spiro atoms. The molecule has 0 atom stereocenters. The van der Waals surface area contributed by atoms with Crippen LogP contribution in [-0.2, 0) is 11.3 Å². The number of benzene rings is 3. The molecule has 1 aromatic heterocycles. The minimum atomic E-state index is -0.627. The van der Waals surface area contributed by atoms with Gasteiger partial charge in [0.15, 0.2) is 22.7 Å². The van der Waals surface area contributed by atoms with E-state index in [-0.39, 0.29) is 22.6 Å². The number of halogens is 1. The molecule has 0 unspecified atom stereocenters. The van der Waals surface area contributed by atoms with Crippen LogP contribution in [0.1, 0.15) is 71.7 Å². The molecule has 6 rings (SSSR count). The maximum Gasteiger partial charge on any atom is 0.291 e. The van der Waals surface area contributed by atoms with E-state index in [9.17, 15) is 24.6 Å². The molecule has 1 saturated heterocycles. The van der Waals surface area contributed by atoms with Crippen molar-refractivity contribution >= 4 is 40.5 Å². The van der Waals surface area contributed by atoms with E-state index in [0.717, 1.165) is 62.4 Å². The highest BCUT2D eigenvalue weighted by molar-refractivity contribution is 6.30. The molecule has 0 bridgehead atoms. The van der Waals surface area contributed by atoms with Gasteiger partial charge in [0.1, 0.15) is 5.58 Å². The third-order valence-corrected chi connectivity index (χ3v) is 8.77. The van der Waals surface area contributed by atoms with Gasteiger partial charge >= 0.3 is 0 Å². The Balaban J connectivity index is 1.23. The second kappa shape index (κ2) is 13.0. The lowest BCUT2D eigenvalue weighted by Crippen LogP contribution is -2.25. The molecular weight excluding hydrogens is 592 g/mol. The number of fused-ring (bicyclic) bond motifs is 1. The Bertz CT molecular complexity index is 1880. The van der Waals surface area contributed by atoms with Crippen molar-refractivity contribution < 1.29 is 24.2 Å². The zero-order valence-corrected chi connectivity index (χ0v) is 25.3. The summed E-state index contributed by atoms with van der Waals surface area (Å²) in [4.78, 5) is 40.3. The summed E-state index contributed by atoms with van der Waals surface area (Å²) >= 11 is 6.08. The zero-order valence-electron chi connectivity index (χ0n) is 24.6. The highest BCUT2D eigenvalue weighted by Crippen LogP contribution is 2.38. The molecule has 1 aliphatic carbocycles. The summed E-state index contributed by atoms with van der Waals surface area (Å²) in [5.74, 6) is -1.17. The molecule has 9 heteroatoms. The van der Waals surface area contributed by atoms with Gasteiger partial charge in [-0.1, -0.05) is 53.6 Å². The van der Waals surface area contributed by atoms with Crippen LogP contribution in [-0.4, -0.2) is 33.5 Å². The van der Waals surface area contributed by atoms with Crippen LogP contribution in [0.4, 0.5) is 0 Å². The van der Waals surface area contributed by atoms with Crippen molar-refractivity contribution in [1.82, 2.24) is 10.2 Å². The maximum atomic E-state index is 13.4. The standard InChI is InChI=1S/C36H33ClN2O6/c37-26-13-9-23(10-14-26)17-27(38-36(44)34-19-30(40)29-18-31(41)32(42)20-33(29)45-34)16-22-7-11-24(12-8-22)28-5-2-1-4-25(28)21-39-15-3-6-35(39)43/h1-2,4-5,9-10,13-14,16-20,24,41-42H,3,6-8,11-12,15,21H2,(H,38,44)/b22-16?,27-17-. The Morgan fingerprint density at radius 2 is 1.71 bits per heavy atom. The molecule has 4 aromatic rings. The lowest BCUT2D eigenvalue weighted by Gasteiger charge is -2.28. The summed E-state index contributed by atoms with van der Waals surface area (Å²) in [5.41, 5.74) is 4.50. The van der Waals surface area contributed by atoms with Crippen LogP contribution in [0.25, 0.3) is 17.0 Å². The lowest BCUT2D eigenvalue weighted by atomic mass is 9.79. The Labute approximate surface area is 265 Å². The molecule has 1 saturated carbocycles. The summed E-state index contributed by atoms with van der Waals surface area (Å²) in [6.07, 6.45) is 8.90. The first-order valence-electron chi connectivity index (χ1n) is 15.1. The number of carbonyl (C=O) groups is 2. The molecule has 3 N–H and O–H groups in total. The topological polar surface area (TPSA) is 120 Å². The van der Waals surface area contributed by atoms with E-state index in [1.807, 2.05) is 35.3 Å². The van der Waals surface area contributed by atoms with Gasteiger partial charge in [0.05, 0.1) is 5.39 Å². The number of amides is 2. The molecule has 2 heterocycles. The summed E-state index contributed by atoms with van der Waals surface area (Å²) in [6.45, 7) is 1.47. The van der Waals surface area contributed by atoms with Crippen molar-refractivity contribution in [2.45, 2.75) is 51.0 Å². The monoisotopic (exact) mass is 624 g/mol. The van der Waals surface area contributed by atoms with Gasteiger partial charge < -0.3 is 24.8 Å². The number of rotatable bonds is 7. The molecule has 2 fully saturated rings. The van der Waals surface area contributed by atoms with E-state index in [4.69, 9.17) is 16.0 Å². The van der Waals surface area contributed by atoms with Crippen molar-refractivity contribution in [1.29, 1.82) is 0 Å². The normalized spacial score (nSPS) is 17.1. The molecule has 2 aliphatic rings. The molecule has 1 aliphatic heterocycles. The Kier molecular flexibility index (Phi) is 8.76. The molecule has 230 valence electrons. The first-order valence-corrected chi connectivity index (χ1v) is 15.4. The number of aromatic hydroxyl groups is 2. The zero-order chi connectivity index (χ0) is 31.5. The number of carbonyl (C=O) groups excluding carboxylic acids is 2. The fourth-order valence-corrected chi connectivity index (χ4v) is 6.28. The Morgan fingerprint density at radius 3 is 2.44 bits per heavy atom. The fourth-order valence-electron chi connectivity index (χ4n) is 6.15. The van der Waals surface area contributed by atoms with Crippen molar-refractivity contribution in [2.24, 2.45) is 0 Å². The molecule has 3 aromatic carbocycles. The van der Waals surface area contributed by atoms with Crippen LogP contribution in [0.3, 0.4) is 0 Å². The average molecular weight is 625 g/mol. The number of nitrogens with zero attached hydrogens (tertiary/aromatic N) is 1. The van der Waals surface area contributed by atoms with Crippen LogP contribution >= 0.6 is 11.6 Å². The van der Waals surface area contributed by atoms with Gasteiger partial charge in [-0.25, -0.2) is 0 Å². The van der Waals surface area contributed by atoms with Crippen LogP contribution < -0.4 is 10.7 Å². The molecule has 45 heavy (non-hydrogen) atoms. The van der Waals surface area contributed by atoms with E-state index < -0.39 is 22.8 Å². The van der Waals surface area contributed by atoms with Gasteiger partial charge in [0, 0.05) is 42.4 Å². The number of phenolic OH excluding ortho intramolecular Hbond substituents is 2. The summed E-state index contributed by atoms with van der Waals surface area (Å²) < 4.78 is 5.65. The van der Waals surface area contributed by atoms with Crippen LogP contribution in [0, 0.1) is 0 Å². The van der Waals surface area contributed by atoms with Gasteiger partial charge in [0.2, 0.25) is 5.91 Å². The SMILES string of the molecule is O=C(N/C(C=C1CCC(c2ccccc2CN2CCCC2=O)CC1)=C\c1ccc(Cl)cc1)c1cc(=O)c2cc(O)c(O)cc2o1. The van der Waals surface area contributed by atoms with E-state index in [1.54, 1.807) is 12.1 Å².